The number of carboxylic acid groups (broad SMARTS) is 1. The molecule has 114 valence electrons. The summed E-state index contributed by atoms with van der Waals surface area (Å²) in [6, 6.07) is -0.0588. The minimum absolute atomic E-state index is 0.0149. The van der Waals surface area contributed by atoms with Crippen LogP contribution in [0.4, 0.5) is 0 Å². The first-order chi connectivity index (χ1) is 9.35. The van der Waals surface area contributed by atoms with Crippen LogP contribution >= 0.6 is 11.8 Å². The number of amides is 1. The fourth-order valence-electron chi connectivity index (χ4n) is 2.69. The molecule has 1 amide bonds. The molecular weight excluding hydrogens is 302 g/mol. The molecule has 1 heterocycles. The molecule has 3 atom stereocenters. The number of aliphatic carboxylic acids is 1. The summed E-state index contributed by atoms with van der Waals surface area (Å²) >= 11 is 1.38. The SMILES string of the molecule is O=C(CSC1CCS(=O)(=O)C1)N[C@H]1CC[C@@H](C(=O)O)C1. The molecule has 0 aromatic heterocycles. The quantitative estimate of drug-likeness (QED) is 0.754. The smallest absolute Gasteiger partial charge is 0.306 e. The summed E-state index contributed by atoms with van der Waals surface area (Å²) in [5, 5.41) is 11.7. The Hall–Kier alpha value is -0.760. The summed E-state index contributed by atoms with van der Waals surface area (Å²) in [6.45, 7) is 0. The normalized spacial score (nSPS) is 32.1. The number of sulfone groups is 1. The van der Waals surface area contributed by atoms with Crippen molar-refractivity contribution in [3.05, 3.63) is 0 Å². The summed E-state index contributed by atoms with van der Waals surface area (Å²) in [4.78, 5) is 22.6. The van der Waals surface area contributed by atoms with Crippen LogP contribution < -0.4 is 5.32 Å². The standard InChI is InChI=1S/C12H19NO5S2/c14-11(6-19-10-3-4-20(17,18)7-10)13-9-2-1-8(5-9)12(15)16/h8-10H,1-7H2,(H,13,14)(H,15,16)/t8-,9+,10?/m1/s1. The molecule has 0 spiro atoms. The molecule has 2 fully saturated rings. The zero-order valence-corrected chi connectivity index (χ0v) is 12.7. The Balaban J connectivity index is 1.68. The molecular formula is C12H19NO5S2. The van der Waals surface area contributed by atoms with Crippen molar-refractivity contribution >= 4 is 33.5 Å². The minimum Gasteiger partial charge on any atom is -0.481 e. The van der Waals surface area contributed by atoms with Gasteiger partial charge in [-0.05, 0) is 25.7 Å². The van der Waals surface area contributed by atoms with Gasteiger partial charge in [0.15, 0.2) is 9.84 Å². The number of hydrogen-bond acceptors (Lipinski definition) is 5. The average Bonchev–Trinajstić information content (AvgIpc) is 2.93. The maximum absolute atomic E-state index is 11.8. The molecule has 0 aromatic carbocycles. The molecule has 1 saturated heterocycles. The minimum atomic E-state index is -2.90. The summed E-state index contributed by atoms with van der Waals surface area (Å²) in [7, 11) is -2.90. The zero-order chi connectivity index (χ0) is 14.8. The molecule has 1 aliphatic heterocycles. The first kappa shape index (κ1) is 15.6. The molecule has 0 aromatic rings. The summed E-state index contributed by atoms with van der Waals surface area (Å²) in [5.74, 6) is -0.658. The van der Waals surface area contributed by atoms with Crippen LogP contribution in [0.1, 0.15) is 25.7 Å². The predicted octanol–water partition coefficient (Wildman–Crippen LogP) is 0.276. The summed E-state index contributed by atoms with van der Waals surface area (Å²) in [6.07, 6.45) is 2.41. The maximum Gasteiger partial charge on any atom is 0.306 e. The molecule has 6 nitrogen and oxygen atoms in total. The number of carbonyl (C=O) groups excluding carboxylic acids is 1. The van der Waals surface area contributed by atoms with E-state index in [1.807, 2.05) is 0 Å². The van der Waals surface area contributed by atoms with Gasteiger partial charge in [-0.2, -0.15) is 0 Å². The molecule has 2 rings (SSSR count). The van der Waals surface area contributed by atoms with Crippen LogP contribution in [-0.2, 0) is 19.4 Å². The van der Waals surface area contributed by atoms with Gasteiger partial charge in [-0.3, -0.25) is 9.59 Å². The number of carbonyl (C=O) groups is 2. The van der Waals surface area contributed by atoms with Crippen molar-refractivity contribution in [3.63, 3.8) is 0 Å². The van der Waals surface area contributed by atoms with Gasteiger partial charge < -0.3 is 10.4 Å². The van der Waals surface area contributed by atoms with Crippen molar-refractivity contribution in [2.75, 3.05) is 17.3 Å². The molecule has 1 aliphatic carbocycles. The molecule has 2 N–H and O–H groups in total. The lowest BCUT2D eigenvalue weighted by atomic mass is 10.1. The molecule has 2 aliphatic rings. The number of nitrogens with one attached hydrogen (secondary N) is 1. The largest absolute Gasteiger partial charge is 0.481 e. The van der Waals surface area contributed by atoms with E-state index in [1.165, 1.54) is 11.8 Å². The van der Waals surface area contributed by atoms with E-state index >= 15 is 0 Å². The van der Waals surface area contributed by atoms with Gasteiger partial charge in [-0.1, -0.05) is 0 Å². The first-order valence-electron chi connectivity index (χ1n) is 6.70. The van der Waals surface area contributed by atoms with E-state index in [0.29, 0.717) is 25.7 Å². The molecule has 0 radical (unpaired) electrons. The van der Waals surface area contributed by atoms with E-state index in [1.54, 1.807) is 0 Å². The predicted molar refractivity (Wildman–Crippen MR) is 76.4 cm³/mol. The summed E-state index contributed by atoms with van der Waals surface area (Å²) in [5.41, 5.74) is 0. The van der Waals surface area contributed by atoms with Crippen LogP contribution in [0.3, 0.4) is 0 Å². The van der Waals surface area contributed by atoms with Crippen LogP contribution in [-0.4, -0.2) is 54.0 Å². The van der Waals surface area contributed by atoms with Crippen LogP contribution in [0.5, 0.6) is 0 Å². The second-order valence-electron chi connectivity index (χ2n) is 5.45. The third kappa shape index (κ3) is 4.37. The maximum atomic E-state index is 11.8. The second-order valence-corrected chi connectivity index (χ2v) is 8.97. The van der Waals surface area contributed by atoms with Gasteiger partial charge >= 0.3 is 5.97 Å². The van der Waals surface area contributed by atoms with Crippen molar-refractivity contribution in [1.29, 1.82) is 0 Å². The first-order valence-corrected chi connectivity index (χ1v) is 9.57. The van der Waals surface area contributed by atoms with E-state index in [9.17, 15) is 18.0 Å². The van der Waals surface area contributed by atoms with Crippen molar-refractivity contribution < 1.29 is 23.1 Å². The Kier molecular flexibility index (Phi) is 4.95. The molecule has 20 heavy (non-hydrogen) atoms. The Morgan fingerprint density at radius 3 is 2.55 bits per heavy atom. The van der Waals surface area contributed by atoms with Crippen molar-refractivity contribution in [2.24, 2.45) is 5.92 Å². The highest BCUT2D eigenvalue weighted by atomic mass is 32.2. The van der Waals surface area contributed by atoms with Gasteiger partial charge in [0.2, 0.25) is 5.91 Å². The van der Waals surface area contributed by atoms with Gasteiger partial charge in [0.25, 0.3) is 0 Å². The van der Waals surface area contributed by atoms with Crippen LogP contribution in [0.15, 0.2) is 0 Å². The third-order valence-corrected chi connectivity index (χ3v) is 7.07. The van der Waals surface area contributed by atoms with Gasteiger partial charge in [0.05, 0.1) is 23.2 Å². The lowest BCUT2D eigenvalue weighted by molar-refractivity contribution is -0.141. The zero-order valence-electron chi connectivity index (χ0n) is 11.1. The van der Waals surface area contributed by atoms with Crippen LogP contribution in [0.2, 0.25) is 0 Å². The Bertz CT molecular complexity index is 490. The lowest BCUT2D eigenvalue weighted by Gasteiger charge is -2.13. The van der Waals surface area contributed by atoms with Gasteiger partial charge in [-0.25, -0.2) is 8.42 Å². The second kappa shape index (κ2) is 6.34. The summed E-state index contributed by atoms with van der Waals surface area (Å²) < 4.78 is 22.6. The van der Waals surface area contributed by atoms with Gasteiger partial charge in [0.1, 0.15) is 0 Å². The fourth-order valence-corrected chi connectivity index (χ4v) is 6.15. The number of carboxylic acids is 1. The highest BCUT2D eigenvalue weighted by molar-refractivity contribution is 8.02. The van der Waals surface area contributed by atoms with Crippen molar-refractivity contribution in [2.45, 2.75) is 37.0 Å². The number of rotatable bonds is 5. The Labute approximate surface area is 122 Å². The van der Waals surface area contributed by atoms with E-state index in [2.05, 4.69) is 5.32 Å². The van der Waals surface area contributed by atoms with E-state index in [0.717, 1.165) is 0 Å². The average molecular weight is 321 g/mol. The van der Waals surface area contributed by atoms with Crippen LogP contribution in [0.25, 0.3) is 0 Å². The molecule has 8 heteroatoms. The number of thioether (sulfide) groups is 1. The monoisotopic (exact) mass is 321 g/mol. The van der Waals surface area contributed by atoms with E-state index in [4.69, 9.17) is 5.11 Å². The third-order valence-electron chi connectivity index (χ3n) is 3.79. The van der Waals surface area contributed by atoms with E-state index < -0.39 is 15.8 Å². The topological polar surface area (TPSA) is 101 Å². The molecule has 0 bridgehead atoms. The fraction of sp³-hybridized carbons (Fsp3) is 0.833. The number of hydrogen-bond donors (Lipinski definition) is 2. The van der Waals surface area contributed by atoms with Crippen molar-refractivity contribution in [3.8, 4) is 0 Å². The van der Waals surface area contributed by atoms with Crippen molar-refractivity contribution in [1.82, 2.24) is 5.32 Å². The Morgan fingerprint density at radius 2 is 2.00 bits per heavy atom. The van der Waals surface area contributed by atoms with Gasteiger partial charge in [-0.15, -0.1) is 11.8 Å². The molecule has 1 unspecified atom stereocenters. The highest BCUT2D eigenvalue weighted by Crippen LogP contribution is 2.27. The molecule has 1 saturated carbocycles. The van der Waals surface area contributed by atoms with Crippen LogP contribution in [0, 0.1) is 5.92 Å². The van der Waals surface area contributed by atoms with E-state index in [-0.39, 0.29) is 40.4 Å². The lowest BCUT2D eigenvalue weighted by Crippen LogP contribution is -2.35. The van der Waals surface area contributed by atoms with Gasteiger partial charge in [0, 0.05) is 11.3 Å². The Morgan fingerprint density at radius 1 is 1.25 bits per heavy atom. The highest BCUT2D eigenvalue weighted by Gasteiger charge is 2.31.